The number of β-amino-alcohol motifs (C(OH)–C–C–N with tert-alkyl or cyclic N) is 1. The minimum atomic E-state index is -0.773. The van der Waals surface area contributed by atoms with Crippen LogP contribution in [0.3, 0.4) is 0 Å². The fourth-order valence-electron chi connectivity index (χ4n) is 6.72. The van der Waals surface area contributed by atoms with Gasteiger partial charge < -0.3 is 25.1 Å². The van der Waals surface area contributed by atoms with E-state index in [1.165, 1.54) is 4.90 Å². The Kier molecular flexibility index (Phi) is 8.05. The normalized spacial score (nSPS) is 25.5. The number of nitrogens with one attached hydrogen (secondary N) is 1. The largest absolute Gasteiger partial charge is 0.391 e. The van der Waals surface area contributed by atoms with Crippen LogP contribution in [0.5, 0.6) is 0 Å². The molecule has 0 bridgehead atoms. The van der Waals surface area contributed by atoms with Crippen LogP contribution in [-0.2, 0) is 22.6 Å². The van der Waals surface area contributed by atoms with Crippen LogP contribution < -0.4 is 5.32 Å². The zero-order chi connectivity index (χ0) is 30.5. The Morgan fingerprint density at radius 2 is 1.84 bits per heavy atom. The van der Waals surface area contributed by atoms with Gasteiger partial charge in [0.15, 0.2) is 0 Å². The van der Waals surface area contributed by atoms with E-state index < -0.39 is 23.6 Å². The van der Waals surface area contributed by atoms with Crippen molar-refractivity contribution in [2.45, 2.75) is 83.5 Å². The highest BCUT2D eigenvalue weighted by molar-refractivity contribution is 5.95. The van der Waals surface area contributed by atoms with Crippen LogP contribution >= 0.6 is 0 Å². The molecule has 13 heteroatoms. The number of likely N-dealkylation sites (N-methyl/N-ethyl adjacent to an activating group) is 1. The molecule has 2 saturated heterocycles. The van der Waals surface area contributed by atoms with Gasteiger partial charge in [-0.3, -0.25) is 19.1 Å². The first-order valence-electron chi connectivity index (χ1n) is 15.7. The molecule has 3 amide bonds. The second-order valence-electron chi connectivity index (χ2n) is 14.0. The smallest absolute Gasteiger partial charge is 0.257 e. The van der Waals surface area contributed by atoms with Crippen molar-refractivity contribution in [2.24, 2.45) is 11.3 Å². The topological polar surface area (TPSA) is 142 Å². The summed E-state index contributed by atoms with van der Waals surface area (Å²) in [6.07, 6.45) is 6.63. The molecule has 0 spiro atoms. The number of aryl methyl sites for hydroxylation is 1. The number of rotatable bonds is 7. The average molecular weight is 596 g/mol. The van der Waals surface area contributed by atoms with E-state index in [-0.39, 0.29) is 36.6 Å². The maximum absolute atomic E-state index is 14.0. The quantitative estimate of drug-likeness (QED) is 0.476. The summed E-state index contributed by atoms with van der Waals surface area (Å²) < 4.78 is 3.56. The van der Waals surface area contributed by atoms with E-state index in [9.17, 15) is 19.5 Å². The summed E-state index contributed by atoms with van der Waals surface area (Å²) in [5.74, 6) is 0.0860. The van der Waals surface area contributed by atoms with E-state index >= 15 is 0 Å². The summed E-state index contributed by atoms with van der Waals surface area (Å²) in [5, 5.41) is 26.7. The summed E-state index contributed by atoms with van der Waals surface area (Å²) in [4.78, 5) is 46.5. The molecule has 43 heavy (non-hydrogen) atoms. The number of aliphatic hydroxyl groups excluding tert-OH is 1. The Labute approximate surface area is 252 Å². The number of nitrogens with zero attached hydrogens (tertiary/aromatic N) is 8. The minimum Gasteiger partial charge on any atom is -0.391 e. The molecule has 1 saturated carbocycles. The molecule has 4 aliphatic rings. The Morgan fingerprint density at radius 3 is 2.53 bits per heavy atom. The number of aromatic nitrogens is 5. The molecule has 3 aliphatic heterocycles. The van der Waals surface area contributed by atoms with Gasteiger partial charge in [0.05, 0.1) is 29.3 Å². The molecule has 13 nitrogen and oxygen atoms in total. The van der Waals surface area contributed by atoms with Crippen LogP contribution in [-0.4, -0.2) is 121 Å². The monoisotopic (exact) mass is 595 g/mol. The van der Waals surface area contributed by atoms with Crippen LogP contribution in [0.2, 0.25) is 0 Å². The van der Waals surface area contributed by atoms with Crippen molar-refractivity contribution >= 4 is 17.7 Å². The Hall–Kier alpha value is -3.32. The van der Waals surface area contributed by atoms with Gasteiger partial charge in [-0.2, -0.15) is 5.10 Å². The number of piperazine rings is 1. The number of likely N-dealkylation sites (tertiary alicyclic amines) is 1. The van der Waals surface area contributed by atoms with E-state index in [0.29, 0.717) is 44.1 Å². The van der Waals surface area contributed by atoms with Gasteiger partial charge in [0.25, 0.3) is 5.91 Å². The number of fused-ring (bicyclic) bond motifs is 1. The van der Waals surface area contributed by atoms with Crippen molar-refractivity contribution in [1.82, 2.24) is 44.8 Å². The van der Waals surface area contributed by atoms with Crippen LogP contribution in [0.4, 0.5) is 0 Å². The maximum Gasteiger partial charge on any atom is 0.257 e. The van der Waals surface area contributed by atoms with Crippen molar-refractivity contribution in [3.8, 4) is 0 Å². The first-order valence-corrected chi connectivity index (χ1v) is 15.7. The number of amides is 3. The van der Waals surface area contributed by atoms with Crippen LogP contribution in [0.15, 0.2) is 12.4 Å². The predicted molar refractivity (Wildman–Crippen MR) is 157 cm³/mol. The molecule has 2 aromatic rings. The molecule has 5 heterocycles. The lowest BCUT2D eigenvalue weighted by Crippen LogP contribution is -2.51. The molecular formula is C30H45N9O4. The van der Waals surface area contributed by atoms with Crippen LogP contribution in [0.25, 0.3) is 0 Å². The molecule has 1 aliphatic carbocycles. The molecule has 4 atom stereocenters. The Morgan fingerprint density at radius 1 is 1.09 bits per heavy atom. The third-order valence-electron chi connectivity index (χ3n) is 9.47. The standard InChI is InChI=1S/C30H45N9O4/c1-30(2,3)26(39-18-23(33-34-39)20-5-6-20)29(43)37-17-21(40)14-25(37)27(41)31-15-19-7-8-38-24(13-19)22(16-32-38)28(42)36-11-9-35(4)10-12-36/h16,18-21,25-26,40H,5-15,17H2,1-4H3,(H,31,41)/t19?,21-,25+,26-/m1/s1. The summed E-state index contributed by atoms with van der Waals surface area (Å²) in [7, 11) is 2.06. The van der Waals surface area contributed by atoms with Gasteiger partial charge in [0.1, 0.15) is 12.1 Å². The van der Waals surface area contributed by atoms with Crippen molar-refractivity contribution in [1.29, 1.82) is 0 Å². The summed E-state index contributed by atoms with van der Waals surface area (Å²) in [5.41, 5.74) is 2.00. The second-order valence-corrected chi connectivity index (χ2v) is 14.0. The van der Waals surface area contributed by atoms with Crippen LogP contribution in [0.1, 0.15) is 80.2 Å². The lowest BCUT2D eigenvalue weighted by molar-refractivity contribution is -0.144. The summed E-state index contributed by atoms with van der Waals surface area (Å²) in [6, 6.07) is -1.41. The number of carbonyl (C=O) groups is 3. The molecular weight excluding hydrogens is 550 g/mol. The van der Waals surface area contributed by atoms with Gasteiger partial charge in [-0.05, 0) is 44.1 Å². The first-order chi connectivity index (χ1) is 20.5. The molecule has 1 unspecified atom stereocenters. The highest BCUT2D eigenvalue weighted by atomic mass is 16.3. The second kappa shape index (κ2) is 11.6. The van der Waals surface area contributed by atoms with Gasteiger partial charge in [-0.25, -0.2) is 4.68 Å². The number of carbonyl (C=O) groups excluding carboxylic acids is 3. The first kappa shape index (κ1) is 29.7. The van der Waals surface area contributed by atoms with Crippen molar-refractivity contribution < 1.29 is 19.5 Å². The highest BCUT2D eigenvalue weighted by Crippen LogP contribution is 2.40. The molecule has 234 valence electrons. The number of hydrogen-bond acceptors (Lipinski definition) is 8. The SMILES string of the molecule is CN1CCN(C(=O)c2cnn3c2CC(CNC(=O)[C@@H]2C[C@@H](O)CN2C(=O)[C@@H](n2cc(C4CC4)nn2)C(C)(C)C)CC3)CC1. The average Bonchev–Trinajstić information content (AvgIpc) is 3.35. The van der Waals surface area contributed by atoms with Gasteiger partial charge in [0, 0.05) is 64.3 Å². The van der Waals surface area contributed by atoms with E-state index in [0.717, 1.165) is 43.7 Å². The molecule has 6 rings (SSSR count). The molecule has 0 radical (unpaired) electrons. The number of hydrogen-bond donors (Lipinski definition) is 2. The molecule has 2 N–H and O–H groups in total. The number of aliphatic hydroxyl groups is 1. The van der Waals surface area contributed by atoms with Crippen LogP contribution in [0, 0.1) is 11.3 Å². The zero-order valence-corrected chi connectivity index (χ0v) is 25.8. The van der Waals surface area contributed by atoms with Gasteiger partial charge in [0.2, 0.25) is 11.8 Å². The van der Waals surface area contributed by atoms with Gasteiger partial charge >= 0.3 is 0 Å². The predicted octanol–water partition coefficient (Wildman–Crippen LogP) is 0.667. The fraction of sp³-hybridized carbons (Fsp3) is 0.733. The van der Waals surface area contributed by atoms with E-state index in [2.05, 4.69) is 32.7 Å². The fourth-order valence-corrected chi connectivity index (χ4v) is 6.72. The van der Waals surface area contributed by atoms with Crippen molar-refractivity contribution in [3.63, 3.8) is 0 Å². The molecule has 3 fully saturated rings. The molecule has 0 aromatic carbocycles. The summed E-state index contributed by atoms with van der Waals surface area (Å²) >= 11 is 0. The van der Waals surface area contributed by atoms with Crippen molar-refractivity contribution in [2.75, 3.05) is 46.3 Å². The highest BCUT2D eigenvalue weighted by Gasteiger charge is 2.45. The van der Waals surface area contributed by atoms with E-state index in [4.69, 9.17) is 0 Å². The van der Waals surface area contributed by atoms with Gasteiger partial charge in [-0.15, -0.1) is 5.10 Å². The van der Waals surface area contributed by atoms with Crippen molar-refractivity contribution in [3.05, 3.63) is 29.3 Å². The lowest BCUT2D eigenvalue weighted by atomic mass is 9.85. The Balaban J connectivity index is 1.10. The maximum atomic E-state index is 14.0. The van der Waals surface area contributed by atoms with E-state index in [1.807, 2.05) is 36.5 Å². The zero-order valence-electron chi connectivity index (χ0n) is 25.8. The van der Waals surface area contributed by atoms with E-state index in [1.54, 1.807) is 10.9 Å². The summed E-state index contributed by atoms with van der Waals surface area (Å²) in [6.45, 7) is 10.3. The Bertz CT molecular complexity index is 1350. The lowest BCUT2D eigenvalue weighted by Gasteiger charge is -2.34. The third kappa shape index (κ3) is 6.19. The molecule has 2 aromatic heterocycles. The third-order valence-corrected chi connectivity index (χ3v) is 9.47. The minimum absolute atomic E-state index is 0.0261. The van der Waals surface area contributed by atoms with Gasteiger partial charge in [-0.1, -0.05) is 26.0 Å².